The van der Waals surface area contributed by atoms with Crippen LogP contribution in [-0.2, 0) is 13.0 Å². The maximum Gasteiger partial charge on any atom is 0.0522 e. The normalized spacial score (nSPS) is 29.8. The highest BCUT2D eigenvalue weighted by atomic mass is 15.3. The molecule has 88 valence electrons. The van der Waals surface area contributed by atoms with Crippen LogP contribution < -0.4 is 5.32 Å². The average molecular weight is 219 g/mol. The summed E-state index contributed by atoms with van der Waals surface area (Å²) >= 11 is 0. The molecule has 3 nitrogen and oxygen atoms in total. The quantitative estimate of drug-likeness (QED) is 0.839. The maximum absolute atomic E-state index is 4.38. The van der Waals surface area contributed by atoms with Gasteiger partial charge in [0.1, 0.15) is 0 Å². The molecular formula is C13H21N3. The Morgan fingerprint density at radius 2 is 2.44 bits per heavy atom. The summed E-state index contributed by atoms with van der Waals surface area (Å²) in [5.41, 5.74) is 1.82. The molecule has 1 aromatic heterocycles. The summed E-state index contributed by atoms with van der Waals surface area (Å²) in [4.78, 5) is 0. The fourth-order valence-electron chi connectivity index (χ4n) is 3.14. The van der Waals surface area contributed by atoms with E-state index >= 15 is 0 Å². The van der Waals surface area contributed by atoms with Gasteiger partial charge in [0.2, 0.25) is 0 Å². The minimum atomic E-state index is 0.418. The fraction of sp³-hybridized carbons (Fsp3) is 0.769. The Morgan fingerprint density at radius 3 is 3.00 bits per heavy atom. The molecule has 1 aliphatic heterocycles. The molecule has 0 bridgehead atoms. The first-order valence-corrected chi connectivity index (χ1v) is 6.59. The average Bonchev–Trinajstić information content (AvgIpc) is 2.90. The molecule has 1 saturated carbocycles. The van der Waals surface area contributed by atoms with Crippen LogP contribution in [0.4, 0.5) is 0 Å². The van der Waals surface area contributed by atoms with Gasteiger partial charge in [-0.15, -0.1) is 0 Å². The highest BCUT2D eigenvalue weighted by Crippen LogP contribution is 2.45. The van der Waals surface area contributed by atoms with Crippen molar-refractivity contribution in [1.29, 1.82) is 0 Å². The first-order valence-electron chi connectivity index (χ1n) is 6.59. The van der Waals surface area contributed by atoms with Crippen molar-refractivity contribution in [3.05, 3.63) is 18.0 Å². The van der Waals surface area contributed by atoms with E-state index in [-0.39, 0.29) is 0 Å². The van der Waals surface area contributed by atoms with Gasteiger partial charge in [0.15, 0.2) is 0 Å². The molecule has 1 saturated heterocycles. The molecule has 1 aromatic rings. The number of nitrogens with one attached hydrogen (secondary N) is 1. The van der Waals surface area contributed by atoms with Gasteiger partial charge in [0, 0.05) is 18.3 Å². The fourth-order valence-corrected chi connectivity index (χ4v) is 3.14. The van der Waals surface area contributed by atoms with Crippen molar-refractivity contribution in [3.63, 3.8) is 0 Å². The summed E-state index contributed by atoms with van der Waals surface area (Å²) in [6.45, 7) is 4.32. The van der Waals surface area contributed by atoms with Crippen LogP contribution in [0.2, 0.25) is 0 Å². The zero-order valence-corrected chi connectivity index (χ0v) is 10.1. The van der Waals surface area contributed by atoms with E-state index in [2.05, 4.69) is 23.5 Å². The smallest absolute Gasteiger partial charge is 0.0522 e. The molecule has 3 heteroatoms. The van der Waals surface area contributed by atoms with Gasteiger partial charge in [-0.1, -0.05) is 0 Å². The van der Waals surface area contributed by atoms with Crippen LogP contribution in [0.3, 0.4) is 0 Å². The monoisotopic (exact) mass is 219 g/mol. The molecule has 1 atom stereocenters. The van der Waals surface area contributed by atoms with E-state index in [1.807, 2.05) is 10.9 Å². The number of hydrogen-bond acceptors (Lipinski definition) is 2. The van der Waals surface area contributed by atoms with E-state index in [0.29, 0.717) is 5.54 Å². The SMILES string of the molecule is CCn1cc(CC2(C3CC3)CCCN2)cn1. The molecule has 2 fully saturated rings. The standard InChI is InChI=1S/C13H21N3/c1-2-16-10-11(9-15-16)8-13(12-4-5-12)6-3-7-14-13/h9-10,12,14H,2-8H2,1H3. The zero-order chi connectivity index (χ0) is 11.0. The predicted octanol–water partition coefficient (Wildman–Crippen LogP) is 1.98. The minimum absolute atomic E-state index is 0.418. The summed E-state index contributed by atoms with van der Waals surface area (Å²) in [7, 11) is 0. The summed E-state index contributed by atoms with van der Waals surface area (Å²) in [6, 6.07) is 0. The van der Waals surface area contributed by atoms with Crippen LogP contribution in [0, 0.1) is 5.92 Å². The van der Waals surface area contributed by atoms with E-state index in [1.165, 1.54) is 44.2 Å². The van der Waals surface area contributed by atoms with Crippen LogP contribution in [0.5, 0.6) is 0 Å². The molecule has 2 aliphatic rings. The summed E-state index contributed by atoms with van der Waals surface area (Å²) in [5.74, 6) is 0.931. The van der Waals surface area contributed by atoms with Gasteiger partial charge in [-0.05, 0) is 57.1 Å². The van der Waals surface area contributed by atoms with E-state index in [4.69, 9.17) is 0 Å². The largest absolute Gasteiger partial charge is 0.311 e. The summed E-state index contributed by atoms with van der Waals surface area (Å²) in [5, 5.41) is 8.15. The Bertz CT molecular complexity index is 359. The third-order valence-electron chi connectivity index (χ3n) is 4.17. The lowest BCUT2D eigenvalue weighted by Crippen LogP contribution is -2.44. The van der Waals surface area contributed by atoms with E-state index in [9.17, 15) is 0 Å². The highest BCUT2D eigenvalue weighted by molar-refractivity contribution is 5.15. The third kappa shape index (κ3) is 1.77. The van der Waals surface area contributed by atoms with Gasteiger partial charge in [0.05, 0.1) is 6.20 Å². The third-order valence-corrected chi connectivity index (χ3v) is 4.17. The number of hydrogen-bond donors (Lipinski definition) is 1. The second kappa shape index (κ2) is 3.88. The predicted molar refractivity (Wildman–Crippen MR) is 64.3 cm³/mol. The Morgan fingerprint density at radius 1 is 1.56 bits per heavy atom. The lowest BCUT2D eigenvalue weighted by molar-refractivity contribution is 0.323. The molecule has 2 heterocycles. The molecule has 1 aliphatic carbocycles. The lowest BCUT2D eigenvalue weighted by atomic mass is 9.85. The Balaban J connectivity index is 1.75. The second-order valence-corrected chi connectivity index (χ2v) is 5.34. The van der Waals surface area contributed by atoms with Crippen molar-refractivity contribution in [1.82, 2.24) is 15.1 Å². The van der Waals surface area contributed by atoms with Crippen LogP contribution in [0.25, 0.3) is 0 Å². The van der Waals surface area contributed by atoms with Gasteiger partial charge < -0.3 is 5.32 Å². The van der Waals surface area contributed by atoms with Gasteiger partial charge >= 0.3 is 0 Å². The van der Waals surface area contributed by atoms with Crippen LogP contribution >= 0.6 is 0 Å². The van der Waals surface area contributed by atoms with Crippen LogP contribution in [0.15, 0.2) is 12.4 Å². The zero-order valence-electron chi connectivity index (χ0n) is 10.1. The van der Waals surface area contributed by atoms with E-state index in [1.54, 1.807) is 0 Å². The lowest BCUT2D eigenvalue weighted by Gasteiger charge is -2.29. The summed E-state index contributed by atoms with van der Waals surface area (Å²) < 4.78 is 2.03. The van der Waals surface area contributed by atoms with Gasteiger partial charge in [-0.2, -0.15) is 5.10 Å². The highest BCUT2D eigenvalue weighted by Gasteiger charge is 2.46. The minimum Gasteiger partial charge on any atom is -0.311 e. The molecule has 1 N–H and O–H groups in total. The van der Waals surface area contributed by atoms with E-state index in [0.717, 1.165) is 12.5 Å². The number of aryl methyl sites for hydroxylation is 1. The van der Waals surface area contributed by atoms with Crippen molar-refractivity contribution >= 4 is 0 Å². The molecule has 0 spiro atoms. The van der Waals surface area contributed by atoms with Gasteiger partial charge in [-0.25, -0.2) is 0 Å². The Hall–Kier alpha value is -0.830. The van der Waals surface area contributed by atoms with Gasteiger partial charge in [0.25, 0.3) is 0 Å². The van der Waals surface area contributed by atoms with Crippen LogP contribution in [-0.4, -0.2) is 21.9 Å². The van der Waals surface area contributed by atoms with Crippen molar-refractivity contribution in [2.24, 2.45) is 5.92 Å². The topological polar surface area (TPSA) is 29.9 Å². The Kier molecular flexibility index (Phi) is 2.51. The molecule has 0 radical (unpaired) electrons. The van der Waals surface area contributed by atoms with Crippen LogP contribution in [0.1, 0.15) is 38.2 Å². The number of rotatable bonds is 4. The second-order valence-electron chi connectivity index (χ2n) is 5.34. The van der Waals surface area contributed by atoms with Crippen molar-refractivity contribution in [2.45, 2.75) is 51.1 Å². The molecule has 0 aromatic carbocycles. The maximum atomic E-state index is 4.38. The molecule has 0 amide bonds. The van der Waals surface area contributed by atoms with Crippen molar-refractivity contribution in [3.8, 4) is 0 Å². The Labute approximate surface area is 97.2 Å². The first-order chi connectivity index (χ1) is 7.82. The number of nitrogens with zero attached hydrogens (tertiary/aromatic N) is 2. The van der Waals surface area contributed by atoms with E-state index < -0.39 is 0 Å². The van der Waals surface area contributed by atoms with Gasteiger partial charge in [-0.3, -0.25) is 4.68 Å². The first kappa shape index (κ1) is 10.3. The number of aromatic nitrogens is 2. The van der Waals surface area contributed by atoms with Crippen molar-refractivity contribution < 1.29 is 0 Å². The molecule has 16 heavy (non-hydrogen) atoms. The summed E-state index contributed by atoms with van der Waals surface area (Å²) in [6.07, 6.45) is 11.0. The molecule has 3 rings (SSSR count). The molecular weight excluding hydrogens is 198 g/mol. The molecule has 1 unspecified atom stereocenters. The van der Waals surface area contributed by atoms with Crippen molar-refractivity contribution in [2.75, 3.05) is 6.54 Å².